The third-order valence-corrected chi connectivity index (χ3v) is 6.34. The minimum absolute atomic E-state index is 0.171. The van der Waals surface area contributed by atoms with E-state index in [1.807, 2.05) is 23.1 Å². The molecule has 28 heavy (non-hydrogen) atoms. The molecule has 7 heteroatoms. The Balaban J connectivity index is 1.25. The van der Waals surface area contributed by atoms with Gasteiger partial charge in [0.05, 0.1) is 18.8 Å². The monoisotopic (exact) mass is 381 g/mol. The maximum Gasteiger partial charge on any atom is 0.229 e. The second-order valence-electron chi connectivity index (χ2n) is 8.71. The second kappa shape index (κ2) is 7.28. The zero-order valence-electron chi connectivity index (χ0n) is 16.2. The van der Waals surface area contributed by atoms with Gasteiger partial charge in [-0.05, 0) is 50.8 Å². The topological polar surface area (TPSA) is 75.4 Å². The molecule has 0 bridgehead atoms. The highest BCUT2D eigenvalue weighted by molar-refractivity contribution is 5.77. The zero-order valence-corrected chi connectivity index (χ0v) is 16.2. The Morgan fingerprint density at radius 2 is 2.11 bits per heavy atom. The summed E-state index contributed by atoms with van der Waals surface area (Å²) in [6.45, 7) is 4.22. The molecule has 0 aromatic carbocycles. The van der Waals surface area contributed by atoms with Crippen molar-refractivity contribution < 1.29 is 9.32 Å². The van der Waals surface area contributed by atoms with E-state index in [0.717, 1.165) is 56.4 Å². The molecule has 1 spiro atoms. The van der Waals surface area contributed by atoms with E-state index in [2.05, 4.69) is 20.0 Å². The lowest BCUT2D eigenvalue weighted by molar-refractivity contribution is -0.140. The number of nitrogens with zero attached hydrogens (tertiary/aromatic N) is 5. The van der Waals surface area contributed by atoms with Gasteiger partial charge < -0.3 is 9.42 Å². The van der Waals surface area contributed by atoms with Crippen molar-refractivity contribution in [3.05, 3.63) is 41.8 Å². The van der Waals surface area contributed by atoms with Crippen LogP contribution in [0.5, 0.6) is 0 Å². The molecule has 4 heterocycles. The summed E-state index contributed by atoms with van der Waals surface area (Å²) < 4.78 is 5.42. The average molecular weight is 381 g/mol. The lowest BCUT2D eigenvalue weighted by Gasteiger charge is -2.48. The summed E-state index contributed by atoms with van der Waals surface area (Å²) in [6, 6.07) is 5.89. The summed E-state index contributed by atoms with van der Waals surface area (Å²) >= 11 is 0. The van der Waals surface area contributed by atoms with Gasteiger partial charge in [-0.1, -0.05) is 11.2 Å². The van der Waals surface area contributed by atoms with Crippen LogP contribution in [0.1, 0.15) is 61.9 Å². The van der Waals surface area contributed by atoms with Crippen LogP contribution in [0.2, 0.25) is 0 Å². The quantitative estimate of drug-likeness (QED) is 0.793. The molecule has 1 saturated carbocycles. The highest BCUT2D eigenvalue weighted by Gasteiger charge is 2.42. The summed E-state index contributed by atoms with van der Waals surface area (Å²) in [7, 11) is 0. The number of piperidine rings is 2. The van der Waals surface area contributed by atoms with Gasteiger partial charge in [0.2, 0.25) is 11.8 Å². The number of carbonyl (C=O) groups is 1. The van der Waals surface area contributed by atoms with Gasteiger partial charge in [0.15, 0.2) is 5.82 Å². The van der Waals surface area contributed by atoms with Crippen LogP contribution in [0.3, 0.4) is 0 Å². The Morgan fingerprint density at radius 3 is 2.93 bits per heavy atom. The molecule has 0 radical (unpaired) electrons. The SMILES string of the molecule is O=C1CC[C@]2(CCCN(Cc3noc(C4CC4)n3)C2)CN1Cc1ccccn1. The van der Waals surface area contributed by atoms with Gasteiger partial charge in [-0.25, -0.2) is 0 Å². The third-order valence-electron chi connectivity index (χ3n) is 6.34. The van der Waals surface area contributed by atoms with Crippen molar-refractivity contribution in [3.63, 3.8) is 0 Å². The molecule has 2 aromatic rings. The number of rotatable bonds is 5. The van der Waals surface area contributed by atoms with Gasteiger partial charge in [0.25, 0.3) is 0 Å². The maximum atomic E-state index is 12.5. The van der Waals surface area contributed by atoms with E-state index in [1.54, 1.807) is 6.20 Å². The Hall–Kier alpha value is -2.28. The maximum absolute atomic E-state index is 12.5. The van der Waals surface area contributed by atoms with Gasteiger partial charge in [0, 0.05) is 37.0 Å². The minimum atomic E-state index is 0.171. The fourth-order valence-electron chi connectivity index (χ4n) is 4.74. The molecule has 1 atom stereocenters. The van der Waals surface area contributed by atoms with Gasteiger partial charge in [-0.3, -0.25) is 14.7 Å². The predicted molar refractivity (Wildman–Crippen MR) is 102 cm³/mol. The first-order valence-electron chi connectivity index (χ1n) is 10.4. The minimum Gasteiger partial charge on any atom is -0.339 e. The highest BCUT2D eigenvalue weighted by Crippen LogP contribution is 2.40. The first-order chi connectivity index (χ1) is 13.7. The average Bonchev–Trinajstić information content (AvgIpc) is 3.46. The van der Waals surface area contributed by atoms with Crippen molar-refractivity contribution in [3.8, 4) is 0 Å². The number of aromatic nitrogens is 3. The molecule has 7 nitrogen and oxygen atoms in total. The molecular weight excluding hydrogens is 354 g/mol. The fraction of sp³-hybridized carbons (Fsp3) is 0.619. The van der Waals surface area contributed by atoms with Crippen molar-refractivity contribution in [2.45, 2.75) is 57.5 Å². The predicted octanol–water partition coefficient (Wildman–Crippen LogP) is 2.75. The number of pyridine rings is 1. The molecule has 2 saturated heterocycles. The molecule has 3 aliphatic rings. The van der Waals surface area contributed by atoms with E-state index in [9.17, 15) is 4.79 Å². The van der Waals surface area contributed by atoms with Crippen molar-refractivity contribution in [2.24, 2.45) is 5.41 Å². The Labute approximate surface area is 165 Å². The van der Waals surface area contributed by atoms with Crippen LogP contribution in [0.25, 0.3) is 0 Å². The summed E-state index contributed by atoms with van der Waals surface area (Å²) in [5.41, 5.74) is 1.13. The molecule has 1 amide bonds. The molecule has 3 fully saturated rings. The summed E-state index contributed by atoms with van der Waals surface area (Å²) in [4.78, 5) is 26.0. The van der Waals surface area contributed by atoms with Gasteiger partial charge in [-0.15, -0.1) is 0 Å². The number of amides is 1. The van der Waals surface area contributed by atoms with Gasteiger partial charge in [-0.2, -0.15) is 4.98 Å². The Bertz CT molecular complexity index is 834. The van der Waals surface area contributed by atoms with Crippen LogP contribution < -0.4 is 0 Å². The van der Waals surface area contributed by atoms with Crippen LogP contribution >= 0.6 is 0 Å². The van der Waals surface area contributed by atoms with E-state index >= 15 is 0 Å². The van der Waals surface area contributed by atoms with Gasteiger partial charge in [0.1, 0.15) is 0 Å². The van der Waals surface area contributed by atoms with Crippen molar-refractivity contribution in [2.75, 3.05) is 19.6 Å². The normalized spacial score (nSPS) is 26.1. The first-order valence-corrected chi connectivity index (χ1v) is 10.4. The standard InChI is InChI=1S/C21H27N5O2/c27-19-7-9-21(15-26(19)12-17-4-1-2-10-22-17)8-3-11-25(14-21)13-18-23-20(28-24-18)16-5-6-16/h1-2,4,10,16H,3,5-9,11-15H2/t21-/m0/s1. The smallest absolute Gasteiger partial charge is 0.229 e. The number of hydrogen-bond donors (Lipinski definition) is 0. The van der Waals surface area contributed by atoms with Crippen LogP contribution in [0.15, 0.2) is 28.9 Å². The van der Waals surface area contributed by atoms with Crippen LogP contribution in [0.4, 0.5) is 0 Å². The number of hydrogen-bond acceptors (Lipinski definition) is 6. The molecule has 0 N–H and O–H groups in total. The number of likely N-dealkylation sites (tertiary alicyclic amines) is 2. The lowest BCUT2D eigenvalue weighted by Crippen LogP contribution is -2.53. The fourth-order valence-corrected chi connectivity index (χ4v) is 4.74. The first kappa shape index (κ1) is 17.8. The Kier molecular flexibility index (Phi) is 4.62. The molecule has 0 unspecified atom stereocenters. The molecule has 1 aliphatic carbocycles. The number of carbonyl (C=O) groups excluding carboxylic acids is 1. The summed E-state index contributed by atoms with van der Waals surface area (Å²) in [5, 5.41) is 4.19. The summed E-state index contributed by atoms with van der Waals surface area (Å²) in [6.07, 6.45) is 8.08. The van der Waals surface area contributed by atoms with Crippen LogP contribution in [0, 0.1) is 5.41 Å². The Morgan fingerprint density at radius 1 is 1.18 bits per heavy atom. The van der Waals surface area contributed by atoms with E-state index in [-0.39, 0.29) is 11.3 Å². The van der Waals surface area contributed by atoms with E-state index < -0.39 is 0 Å². The summed E-state index contributed by atoms with van der Waals surface area (Å²) in [5.74, 6) is 2.36. The van der Waals surface area contributed by atoms with Crippen molar-refractivity contribution in [1.82, 2.24) is 24.9 Å². The van der Waals surface area contributed by atoms with Crippen LogP contribution in [-0.4, -0.2) is 50.5 Å². The largest absolute Gasteiger partial charge is 0.339 e. The third kappa shape index (κ3) is 3.81. The van der Waals surface area contributed by atoms with E-state index in [4.69, 9.17) is 4.52 Å². The highest BCUT2D eigenvalue weighted by atomic mass is 16.5. The lowest BCUT2D eigenvalue weighted by atomic mass is 9.73. The second-order valence-corrected chi connectivity index (χ2v) is 8.71. The molecule has 5 rings (SSSR count). The van der Waals surface area contributed by atoms with E-state index in [0.29, 0.717) is 18.9 Å². The molecule has 148 valence electrons. The molecule has 2 aliphatic heterocycles. The van der Waals surface area contributed by atoms with Crippen molar-refractivity contribution in [1.29, 1.82) is 0 Å². The van der Waals surface area contributed by atoms with Gasteiger partial charge >= 0.3 is 0 Å². The zero-order chi connectivity index (χ0) is 19.0. The molecule has 2 aromatic heterocycles. The van der Waals surface area contributed by atoms with Crippen LogP contribution in [-0.2, 0) is 17.9 Å². The molecular formula is C21H27N5O2. The van der Waals surface area contributed by atoms with E-state index in [1.165, 1.54) is 19.3 Å². The van der Waals surface area contributed by atoms with Crippen molar-refractivity contribution >= 4 is 5.91 Å².